The maximum atomic E-state index is 12.1. The highest BCUT2D eigenvalue weighted by Crippen LogP contribution is 2.31. The summed E-state index contributed by atoms with van der Waals surface area (Å²) >= 11 is 0. The Morgan fingerprint density at radius 3 is 2.62 bits per heavy atom. The molecule has 1 atom stereocenters. The van der Waals surface area contributed by atoms with Gasteiger partial charge in [0.25, 0.3) is 11.8 Å². The number of nitrogens with one attached hydrogen (secondary N) is 1. The molecule has 0 aromatic heterocycles. The number of amides is 2. The van der Waals surface area contributed by atoms with Crippen LogP contribution in [0.2, 0.25) is 0 Å². The number of primary amides is 1. The van der Waals surface area contributed by atoms with Crippen LogP contribution in [-0.2, 0) is 4.79 Å². The van der Waals surface area contributed by atoms with Gasteiger partial charge in [-0.15, -0.1) is 12.4 Å². The predicted octanol–water partition coefficient (Wildman–Crippen LogP) is 0.440. The monoisotopic (exact) mass is 313 g/mol. The molecule has 0 bridgehead atoms. The third-order valence-electron chi connectivity index (χ3n) is 3.23. The molecule has 1 aromatic carbocycles. The Balaban J connectivity index is 0.00000220. The predicted molar refractivity (Wildman–Crippen MR) is 81.4 cm³/mol. The first-order valence-corrected chi connectivity index (χ1v) is 6.62. The van der Waals surface area contributed by atoms with Gasteiger partial charge in [0.15, 0.2) is 6.61 Å². The van der Waals surface area contributed by atoms with E-state index < -0.39 is 5.91 Å². The van der Waals surface area contributed by atoms with E-state index in [4.69, 9.17) is 16.2 Å². The summed E-state index contributed by atoms with van der Waals surface area (Å²) in [6.07, 6.45) is 2.27. The summed E-state index contributed by atoms with van der Waals surface area (Å²) in [6, 6.07) is 6.71. The van der Waals surface area contributed by atoms with Crippen LogP contribution >= 0.6 is 12.4 Å². The smallest absolute Gasteiger partial charge is 0.255 e. The molecule has 1 fully saturated rings. The van der Waals surface area contributed by atoms with Gasteiger partial charge in [0.1, 0.15) is 5.75 Å². The number of para-hydroxylation sites is 1. The summed E-state index contributed by atoms with van der Waals surface area (Å²) in [6.45, 7) is 0.180. The Bertz CT molecular complexity index is 506. The van der Waals surface area contributed by atoms with Crippen molar-refractivity contribution in [2.24, 2.45) is 17.4 Å². The molecule has 0 saturated heterocycles. The van der Waals surface area contributed by atoms with Crippen LogP contribution in [0.1, 0.15) is 23.2 Å². The number of benzene rings is 1. The molecule has 2 rings (SSSR count). The Hall–Kier alpha value is -1.79. The van der Waals surface area contributed by atoms with Crippen molar-refractivity contribution in [2.45, 2.75) is 18.9 Å². The van der Waals surface area contributed by atoms with Gasteiger partial charge >= 0.3 is 0 Å². The standard InChI is InChI=1S/C14H19N3O3.ClH/c15-11(9-5-6-9)7-17-14(19)10-3-1-2-4-12(10)20-8-13(16)18;/h1-4,9,11H,5-8,15H2,(H2,16,18)(H,17,19);1H. The SMILES string of the molecule is Cl.NC(=O)COc1ccccc1C(=O)NCC(N)C1CC1. The van der Waals surface area contributed by atoms with Crippen LogP contribution in [0.4, 0.5) is 0 Å². The first-order chi connectivity index (χ1) is 9.58. The van der Waals surface area contributed by atoms with Gasteiger partial charge in [0.05, 0.1) is 5.56 Å². The molecule has 1 unspecified atom stereocenters. The zero-order valence-electron chi connectivity index (χ0n) is 11.6. The third kappa shape index (κ3) is 5.24. The fourth-order valence-corrected chi connectivity index (χ4v) is 1.93. The maximum absolute atomic E-state index is 12.1. The van der Waals surface area contributed by atoms with E-state index in [1.165, 1.54) is 0 Å². The second-order valence-electron chi connectivity index (χ2n) is 4.96. The van der Waals surface area contributed by atoms with Gasteiger partial charge < -0.3 is 21.5 Å². The Morgan fingerprint density at radius 2 is 2.00 bits per heavy atom. The van der Waals surface area contributed by atoms with Gasteiger partial charge in [0.2, 0.25) is 0 Å². The van der Waals surface area contributed by atoms with Crippen LogP contribution in [-0.4, -0.2) is 31.0 Å². The van der Waals surface area contributed by atoms with E-state index in [-0.39, 0.29) is 31.0 Å². The quantitative estimate of drug-likeness (QED) is 0.678. The summed E-state index contributed by atoms with van der Waals surface area (Å²) in [5, 5.41) is 2.79. The molecule has 2 amide bonds. The van der Waals surface area contributed by atoms with Crippen LogP contribution in [0.5, 0.6) is 5.75 Å². The Kier molecular flexibility index (Phi) is 6.45. The van der Waals surface area contributed by atoms with E-state index >= 15 is 0 Å². The summed E-state index contributed by atoms with van der Waals surface area (Å²) in [4.78, 5) is 22.8. The summed E-state index contributed by atoms with van der Waals surface area (Å²) in [5.41, 5.74) is 11.3. The molecular weight excluding hydrogens is 294 g/mol. The Labute approximate surface area is 129 Å². The van der Waals surface area contributed by atoms with Crippen molar-refractivity contribution >= 4 is 24.2 Å². The summed E-state index contributed by atoms with van der Waals surface area (Å²) in [5.74, 6) is 0.0117. The van der Waals surface area contributed by atoms with Gasteiger partial charge in [-0.2, -0.15) is 0 Å². The van der Waals surface area contributed by atoms with E-state index in [0.29, 0.717) is 23.8 Å². The third-order valence-corrected chi connectivity index (χ3v) is 3.23. The summed E-state index contributed by atoms with van der Waals surface area (Å²) in [7, 11) is 0. The number of carbonyl (C=O) groups excluding carboxylic acids is 2. The highest BCUT2D eigenvalue weighted by Gasteiger charge is 2.28. The lowest BCUT2D eigenvalue weighted by atomic mass is 10.1. The number of hydrogen-bond donors (Lipinski definition) is 3. The van der Waals surface area contributed by atoms with Gasteiger partial charge in [-0.25, -0.2) is 0 Å². The van der Waals surface area contributed by atoms with Gasteiger partial charge in [0, 0.05) is 12.6 Å². The van der Waals surface area contributed by atoms with Crippen molar-refractivity contribution in [2.75, 3.05) is 13.2 Å². The molecule has 1 aliphatic carbocycles. The van der Waals surface area contributed by atoms with Crippen LogP contribution in [0.15, 0.2) is 24.3 Å². The second kappa shape index (κ2) is 7.85. The fourth-order valence-electron chi connectivity index (χ4n) is 1.93. The molecule has 6 nitrogen and oxygen atoms in total. The molecule has 0 heterocycles. The van der Waals surface area contributed by atoms with Crippen molar-refractivity contribution in [3.8, 4) is 5.75 Å². The van der Waals surface area contributed by atoms with E-state index in [2.05, 4.69) is 5.32 Å². The number of halogens is 1. The lowest BCUT2D eigenvalue weighted by Gasteiger charge is -2.13. The first kappa shape index (κ1) is 17.3. The minimum Gasteiger partial charge on any atom is -0.483 e. The minimum atomic E-state index is -0.587. The van der Waals surface area contributed by atoms with Crippen molar-refractivity contribution in [3.63, 3.8) is 0 Å². The van der Waals surface area contributed by atoms with Crippen molar-refractivity contribution in [3.05, 3.63) is 29.8 Å². The number of ether oxygens (including phenoxy) is 1. The van der Waals surface area contributed by atoms with Gasteiger partial charge in [-0.1, -0.05) is 12.1 Å². The minimum absolute atomic E-state index is 0. The van der Waals surface area contributed by atoms with Crippen LogP contribution in [0.3, 0.4) is 0 Å². The second-order valence-corrected chi connectivity index (χ2v) is 4.96. The summed E-state index contributed by atoms with van der Waals surface area (Å²) < 4.78 is 5.22. The number of hydrogen-bond acceptors (Lipinski definition) is 4. The molecule has 1 aromatic rings. The lowest BCUT2D eigenvalue weighted by Crippen LogP contribution is -2.38. The maximum Gasteiger partial charge on any atom is 0.255 e. The average molecular weight is 314 g/mol. The molecule has 116 valence electrons. The molecule has 0 spiro atoms. The number of rotatable bonds is 7. The number of carbonyl (C=O) groups is 2. The normalized spacial score (nSPS) is 14.7. The van der Waals surface area contributed by atoms with Crippen molar-refractivity contribution in [1.29, 1.82) is 0 Å². The lowest BCUT2D eigenvalue weighted by molar-refractivity contribution is -0.119. The molecule has 21 heavy (non-hydrogen) atoms. The molecule has 0 radical (unpaired) electrons. The van der Waals surface area contributed by atoms with E-state index in [0.717, 1.165) is 12.8 Å². The molecule has 1 saturated carbocycles. The zero-order chi connectivity index (χ0) is 14.5. The molecule has 1 aliphatic rings. The van der Waals surface area contributed by atoms with E-state index in [1.807, 2.05) is 0 Å². The fraction of sp³-hybridized carbons (Fsp3) is 0.429. The van der Waals surface area contributed by atoms with Crippen LogP contribution in [0.25, 0.3) is 0 Å². The van der Waals surface area contributed by atoms with Crippen molar-refractivity contribution in [1.82, 2.24) is 5.32 Å². The van der Waals surface area contributed by atoms with Gasteiger partial charge in [-0.3, -0.25) is 9.59 Å². The van der Waals surface area contributed by atoms with Crippen LogP contribution in [0, 0.1) is 5.92 Å². The number of nitrogens with two attached hydrogens (primary N) is 2. The molecule has 7 heteroatoms. The first-order valence-electron chi connectivity index (χ1n) is 6.62. The van der Waals surface area contributed by atoms with E-state index in [1.54, 1.807) is 24.3 Å². The highest BCUT2D eigenvalue weighted by molar-refractivity contribution is 5.97. The molecule has 0 aliphatic heterocycles. The van der Waals surface area contributed by atoms with Crippen molar-refractivity contribution < 1.29 is 14.3 Å². The van der Waals surface area contributed by atoms with Gasteiger partial charge in [-0.05, 0) is 30.9 Å². The topological polar surface area (TPSA) is 107 Å². The highest BCUT2D eigenvalue weighted by atomic mass is 35.5. The van der Waals surface area contributed by atoms with E-state index in [9.17, 15) is 9.59 Å². The molecule has 5 N–H and O–H groups in total. The largest absolute Gasteiger partial charge is 0.483 e. The zero-order valence-corrected chi connectivity index (χ0v) is 12.4. The Morgan fingerprint density at radius 1 is 1.33 bits per heavy atom. The average Bonchev–Trinajstić information content (AvgIpc) is 3.27. The van der Waals surface area contributed by atoms with Crippen LogP contribution < -0.4 is 21.5 Å². The molecular formula is C14H20ClN3O3.